The summed E-state index contributed by atoms with van der Waals surface area (Å²) in [7, 11) is 4.43. The maximum absolute atomic E-state index is 12.6. The molecule has 9 nitrogen and oxygen atoms in total. The van der Waals surface area contributed by atoms with Crippen molar-refractivity contribution in [1.29, 1.82) is 0 Å². The van der Waals surface area contributed by atoms with Gasteiger partial charge in [0.25, 0.3) is 5.91 Å². The normalized spacial score (nSPS) is 10.5. The number of hydrogen-bond donors (Lipinski definition) is 1. The van der Waals surface area contributed by atoms with E-state index in [4.69, 9.17) is 14.2 Å². The maximum Gasteiger partial charge on any atom is 0.320 e. The van der Waals surface area contributed by atoms with E-state index in [2.05, 4.69) is 20.4 Å². The third-order valence-electron chi connectivity index (χ3n) is 3.98. The van der Waals surface area contributed by atoms with E-state index in [9.17, 15) is 4.79 Å². The fourth-order valence-corrected chi connectivity index (χ4v) is 2.71. The first-order valence-electron chi connectivity index (χ1n) is 8.45. The lowest BCUT2D eigenvalue weighted by molar-refractivity contribution is 0.102. The van der Waals surface area contributed by atoms with Crippen LogP contribution in [0.1, 0.15) is 21.9 Å². The smallest absolute Gasteiger partial charge is 0.320 e. The highest BCUT2D eigenvalue weighted by atomic mass is 16.5. The van der Waals surface area contributed by atoms with Crippen molar-refractivity contribution >= 4 is 11.6 Å². The van der Waals surface area contributed by atoms with Crippen LogP contribution < -0.4 is 19.5 Å². The van der Waals surface area contributed by atoms with E-state index in [0.29, 0.717) is 11.4 Å². The summed E-state index contributed by atoms with van der Waals surface area (Å²) in [5.41, 5.74) is 3.32. The molecule has 9 heteroatoms. The Morgan fingerprint density at radius 3 is 2.39 bits per heavy atom. The molecule has 1 N–H and O–H groups in total. The predicted molar refractivity (Wildman–Crippen MR) is 103 cm³/mol. The van der Waals surface area contributed by atoms with Gasteiger partial charge < -0.3 is 19.5 Å². The molecule has 0 saturated heterocycles. The lowest BCUT2D eigenvalue weighted by Crippen LogP contribution is -2.15. The zero-order valence-electron chi connectivity index (χ0n) is 16.3. The Morgan fingerprint density at radius 1 is 1.00 bits per heavy atom. The van der Waals surface area contributed by atoms with Gasteiger partial charge >= 0.3 is 6.01 Å². The van der Waals surface area contributed by atoms with Crippen LogP contribution in [-0.4, -0.2) is 47.0 Å². The Balaban J connectivity index is 1.89. The largest absolute Gasteiger partial charge is 0.494 e. The topological polar surface area (TPSA) is 100 Å². The Morgan fingerprint density at radius 2 is 1.79 bits per heavy atom. The third kappa shape index (κ3) is 3.88. The van der Waals surface area contributed by atoms with Crippen molar-refractivity contribution in [1.82, 2.24) is 19.7 Å². The van der Waals surface area contributed by atoms with E-state index in [-0.39, 0.29) is 17.6 Å². The van der Waals surface area contributed by atoms with Gasteiger partial charge in [-0.3, -0.25) is 4.79 Å². The summed E-state index contributed by atoms with van der Waals surface area (Å²) in [4.78, 5) is 20.6. The van der Waals surface area contributed by atoms with Crippen LogP contribution in [-0.2, 0) is 0 Å². The number of ether oxygens (including phenoxy) is 3. The number of carbonyl (C=O) groups excluding carboxylic acids is 1. The van der Waals surface area contributed by atoms with E-state index in [1.54, 1.807) is 23.9 Å². The van der Waals surface area contributed by atoms with Gasteiger partial charge in [0.05, 0.1) is 27.0 Å². The molecule has 0 fully saturated rings. The van der Waals surface area contributed by atoms with Crippen molar-refractivity contribution in [3.63, 3.8) is 0 Å². The molecule has 0 unspecified atom stereocenters. The van der Waals surface area contributed by atoms with Gasteiger partial charge in [-0.2, -0.15) is 15.1 Å². The first-order valence-corrected chi connectivity index (χ1v) is 8.45. The number of rotatable bonds is 6. The lowest BCUT2D eigenvalue weighted by Gasteiger charge is -2.13. The summed E-state index contributed by atoms with van der Waals surface area (Å²) in [5.74, 6) is 0.372. The van der Waals surface area contributed by atoms with Crippen molar-refractivity contribution in [2.45, 2.75) is 13.8 Å². The molecule has 0 aliphatic heterocycles. The highest BCUT2D eigenvalue weighted by Crippen LogP contribution is 2.28. The molecule has 0 bridgehead atoms. The number of benzene rings is 1. The van der Waals surface area contributed by atoms with Crippen LogP contribution in [0.5, 0.6) is 17.6 Å². The van der Waals surface area contributed by atoms with Gasteiger partial charge in [0.15, 0.2) is 0 Å². The number of aryl methyl sites for hydroxylation is 2. The van der Waals surface area contributed by atoms with E-state index >= 15 is 0 Å². The molecule has 0 spiro atoms. The SMILES string of the molecule is COc1cc(C(=O)Nc2ccc(-n3nc(C)cc3C)c(OC)c2)nc(OC)n1. The van der Waals surface area contributed by atoms with Gasteiger partial charge in [0.1, 0.15) is 17.1 Å². The molecule has 2 heterocycles. The molecular weight excluding hydrogens is 362 g/mol. The summed E-state index contributed by atoms with van der Waals surface area (Å²) in [5, 5.41) is 7.25. The molecule has 1 amide bonds. The van der Waals surface area contributed by atoms with Gasteiger partial charge in [-0.25, -0.2) is 4.68 Å². The van der Waals surface area contributed by atoms with Gasteiger partial charge in [-0.15, -0.1) is 0 Å². The van der Waals surface area contributed by atoms with Gasteiger partial charge in [0, 0.05) is 23.5 Å². The number of amides is 1. The fraction of sp³-hybridized carbons (Fsp3) is 0.263. The molecule has 3 aromatic rings. The third-order valence-corrected chi connectivity index (χ3v) is 3.98. The summed E-state index contributed by atoms with van der Waals surface area (Å²) >= 11 is 0. The molecule has 0 aliphatic rings. The van der Waals surface area contributed by atoms with Gasteiger partial charge in [-0.05, 0) is 32.0 Å². The van der Waals surface area contributed by atoms with Crippen LogP contribution in [0, 0.1) is 13.8 Å². The van der Waals surface area contributed by atoms with Crippen molar-refractivity contribution in [3.05, 3.63) is 47.4 Å². The molecule has 0 atom stereocenters. The van der Waals surface area contributed by atoms with Crippen LogP contribution in [0.25, 0.3) is 5.69 Å². The minimum atomic E-state index is -0.431. The quantitative estimate of drug-likeness (QED) is 0.698. The molecule has 146 valence electrons. The second-order valence-electron chi connectivity index (χ2n) is 5.96. The van der Waals surface area contributed by atoms with Crippen molar-refractivity contribution in [2.24, 2.45) is 0 Å². The fourth-order valence-electron chi connectivity index (χ4n) is 2.71. The lowest BCUT2D eigenvalue weighted by atomic mass is 10.2. The zero-order chi connectivity index (χ0) is 20.3. The average molecular weight is 383 g/mol. The number of hydrogen-bond acceptors (Lipinski definition) is 7. The summed E-state index contributed by atoms with van der Waals surface area (Å²) in [6, 6.07) is 8.77. The number of nitrogens with one attached hydrogen (secondary N) is 1. The number of methoxy groups -OCH3 is 3. The molecule has 2 aromatic heterocycles. The van der Waals surface area contributed by atoms with Crippen molar-refractivity contribution < 1.29 is 19.0 Å². The molecule has 3 rings (SSSR count). The van der Waals surface area contributed by atoms with Crippen LogP contribution in [0.4, 0.5) is 5.69 Å². The minimum Gasteiger partial charge on any atom is -0.494 e. The number of nitrogens with zero attached hydrogens (tertiary/aromatic N) is 4. The number of aromatic nitrogens is 4. The van der Waals surface area contributed by atoms with Gasteiger partial charge in [0.2, 0.25) is 5.88 Å². The number of carbonyl (C=O) groups is 1. The zero-order valence-corrected chi connectivity index (χ0v) is 16.3. The first-order chi connectivity index (χ1) is 13.4. The summed E-state index contributed by atoms with van der Waals surface area (Å²) in [6.07, 6.45) is 0. The van der Waals surface area contributed by atoms with Crippen LogP contribution in [0.2, 0.25) is 0 Å². The van der Waals surface area contributed by atoms with Gasteiger partial charge in [-0.1, -0.05) is 0 Å². The Labute approximate surface area is 162 Å². The average Bonchev–Trinajstić information content (AvgIpc) is 3.05. The number of anilines is 1. The van der Waals surface area contributed by atoms with Crippen molar-refractivity contribution in [2.75, 3.05) is 26.6 Å². The molecule has 0 aliphatic carbocycles. The maximum atomic E-state index is 12.6. The van der Waals surface area contributed by atoms with Crippen molar-refractivity contribution in [3.8, 4) is 23.3 Å². The highest BCUT2D eigenvalue weighted by molar-refractivity contribution is 6.03. The summed E-state index contributed by atoms with van der Waals surface area (Å²) < 4.78 is 17.4. The minimum absolute atomic E-state index is 0.0435. The van der Waals surface area contributed by atoms with E-state index in [1.165, 1.54) is 20.3 Å². The van der Waals surface area contributed by atoms with Crippen LogP contribution >= 0.6 is 0 Å². The molecule has 28 heavy (non-hydrogen) atoms. The molecular formula is C19H21N5O4. The molecule has 1 aromatic carbocycles. The predicted octanol–water partition coefficient (Wildman–Crippen LogP) is 2.56. The van der Waals surface area contributed by atoms with E-state index < -0.39 is 5.91 Å². The Hall–Kier alpha value is -3.62. The second kappa shape index (κ2) is 7.95. The van der Waals surface area contributed by atoms with E-state index in [1.807, 2.05) is 26.0 Å². The van der Waals surface area contributed by atoms with E-state index in [0.717, 1.165) is 17.1 Å². The van der Waals surface area contributed by atoms with Crippen LogP contribution in [0.15, 0.2) is 30.3 Å². The first kappa shape index (κ1) is 19.2. The second-order valence-corrected chi connectivity index (χ2v) is 5.96. The highest BCUT2D eigenvalue weighted by Gasteiger charge is 2.15. The summed E-state index contributed by atoms with van der Waals surface area (Å²) in [6.45, 7) is 3.89. The van der Waals surface area contributed by atoms with Crippen LogP contribution in [0.3, 0.4) is 0 Å². The molecule has 0 radical (unpaired) electrons. The Bertz CT molecular complexity index is 993. The Kier molecular flexibility index (Phi) is 5.44. The monoisotopic (exact) mass is 383 g/mol. The standard InChI is InChI=1S/C19H21N5O4/c1-11-8-12(2)24(23-11)15-7-6-13(9-16(15)26-3)20-18(25)14-10-17(27-4)22-19(21-14)28-5/h6-10H,1-5H3,(H,20,25). The molecule has 0 saturated carbocycles.